The molecule has 0 spiro atoms. The van der Waals surface area contributed by atoms with Gasteiger partial charge in [-0.1, -0.05) is 41.2 Å². The van der Waals surface area contributed by atoms with Crippen molar-refractivity contribution in [3.8, 4) is 5.75 Å². The molecule has 4 aromatic rings. The lowest BCUT2D eigenvalue weighted by Crippen LogP contribution is -2.00. The third-order valence-electron chi connectivity index (χ3n) is 3.71. The zero-order chi connectivity index (χ0) is 17.1. The average molecular weight is 368 g/mol. The van der Waals surface area contributed by atoms with Crippen molar-refractivity contribution < 1.29 is 4.74 Å². The summed E-state index contributed by atoms with van der Waals surface area (Å²) in [6.07, 6.45) is 1.99. The van der Waals surface area contributed by atoms with Crippen LogP contribution in [0.4, 0.5) is 0 Å². The normalized spacial score (nSPS) is 11.1. The van der Waals surface area contributed by atoms with Crippen LogP contribution in [0.1, 0.15) is 11.3 Å². The first-order valence-electron chi connectivity index (χ1n) is 7.80. The lowest BCUT2D eigenvalue weighted by Gasteiger charge is -2.02. The van der Waals surface area contributed by atoms with Crippen LogP contribution in [0, 0.1) is 0 Å². The lowest BCUT2D eigenvalue weighted by atomic mass is 10.2. The number of rotatable bonds is 6. The Bertz CT molecular complexity index is 945. The van der Waals surface area contributed by atoms with Crippen molar-refractivity contribution in [2.45, 2.75) is 16.6 Å². The molecule has 0 aliphatic rings. The summed E-state index contributed by atoms with van der Waals surface area (Å²) < 4.78 is 9.31. The maximum atomic E-state index is 5.18. The fourth-order valence-electron chi connectivity index (χ4n) is 2.45. The summed E-state index contributed by atoms with van der Waals surface area (Å²) in [7, 11) is 1.67. The van der Waals surface area contributed by atoms with E-state index in [-0.39, 0.29) is 0 Å². The van der Waals surface area contributed by atoms with Gasteiger partial charge in [-0.2, -0.15) is 0 Å². The molecule has 4 rings (SSSR count). The smallest absolute Gasteiger partial charge is 0.151 e. The second kappa shape index (κ2) is 7.25. The molecule has 0 aliphatic heterocycles. The first kappa shape index (κ1) is 16.1. The van der Waals surface area contributed by atoms with Crippen LogP contribution in [0.3, 0.4) is 0 Å². The molecule has 0 saturated carbocycles. The van der Waals surface area contributed by atoms with Crippen LogP contribution in [0.25, 0.3) is 10.2 Å². The van der Waals surface area contributed by atoms with Gasteiger partial charge >= 0.3 is 0 Å². The van der Waals surface area contributed by atoms with Gasteiger partial charge in [-0.15, -0.1) is 16.4 Å². The largest absolute Gasteiger partial charge is 0.497 e. The van der Waals surface area contributed by atoms with Gasteiger partial charge in [-0.05, 0) is 29.8 Å². The van der Waals surface area contributed by atoms with Crippen molar-refractivity contribution in [3.63, 3.8) is 0 Å². The Kier molecular flexibility index (Phi) is 4.67. The van der Waals surface area contributed by atoms with E-state index < -0.39 is 0 Å². The van der Waals surface area contributed by atoms with Crippen LogP contribution in [0.5, 0.6) is 5.75 Å². The molecule has 5 nitrogen and oxygen atoms in total. The number of thioether (sulfide) groups is 1. The number of nitrogens with zero attached hydrogens (tertiary/aromatic N) is 4. The van der Waals surface area contributed by atoms with Gasteiger partial charge in [-0.3, -0.25) is 0 Å². The van der Waals surface area contributed by atoms with Crippen molar-refractivity contribution >= 4 is 33.3 Å². The minimum absolute atomic E-state index is 0.697. The standard InChI is InChI=1S/C18H16N4OS2/c1-23-15-8-6-13(7-9-15)10-22-11-14(20-21-22)12-24-18-19-16-4-2-3-5-17(16)25-18/h2-9,11H,10,12H2,1H3. The molecular formula is C18H16N4OS2. The Morgan fingerprint density at radius 3 is 2.76 bits per heavy atom. The number of benzene rings is 2. The summed E-state index contributed by atoms with van der Waals surface area (Å²) in [5.41, 5.74) is 3.17. The van der Waals surface area contributed by atoms with Crippen molar-refractivity contribution in [2.75, 3.05) is 7.11 Å². The molecule has 0 saturated heterocycles. The Balaban J connectivity index is 1.38. The highest BCUT2D eigenvalue weighted by Crippen LogP contribution is 2.30. The zero-order valence-electron chi connectivity index (χ0n) is 13.6. The highest BCUT2D eigenvalue weighted by molar-refractivity contribution is 8.00. The van der Waals surface area contributed by atoms with Gasteiger partial charge in [0.05, 0.1) is 29.6 Å². The van der Waals surface area contributed by atoms with Crippen LogP contribution < -0.4 is 4.74 Å². The molecule has 2 aromatic heterocycles. The van der Waals surface area contributed by atoms with Crippen LogP contribution in [-0.4, -0.2) is 27.1 Å². The molecule has 0 fully saturated rings. The second-order valence-corrected chi connectivity index (χ2v) is 7.74. The van der Waals surface area contributed by atoms with Crippen LogP contribution >= 0.6 is 23.1 Å². The van der Waals surface area contributed by atoms with Gasteiger partial charge in [0.1, 0.15) is 5.75 Å². The number of ether oxygens (including phenoxy) is 1. The van der Waals surface area contributed by atoms with E-state index in [1.807, 2.05) is 53.3 Å². The van der Waals surface area contributed by atoms with Crippen LogP contribution in [-0.2, 0) is 12.3 Å². The average Bonchev–Trinajstić information content (AvgIpc) is 3.26. The van der Waals surface area contributed by atoms with Crippen LogP contribution in [0.15, 0.2) is 59.1 Å². The summed E-state index contributed by atoms with van der Waals surface area (Å²) in [5, 5.41) is 8.47. The number of hydrogen-bond acceptors (Lipinski definition) is 6. The molecule has 2 aromatic carbocycles. The van der Waals surface area contributed by atoms with Gasteiger partial charge < -0.3 is 4.74 Å². The quantitative estimate of drug-likeness (QED) is 0.477. The van der Waals surface area contributed by atoms with Crippen LogP contribution in [0.2, 0.25) is 0 Å². The SMILES string of the molecule is COc1ccc(Cn2cc(CSc3nc4ccccc4s3)nn2)cc1. The highest BCUT2D eigenvalue weighted by atomic mass is 32.2. The number of thiazole rings is 1. The molecule has 25 heavy (non-hydrogen) atoms. The summed E-state index contributed by atoms with van der Waals surface area (Å²) in [5.74, 6) is 1.62. The molecule has 0 N–H and O–H groups in total. The van der Waals surface area contributed by atoms with E-state index in [0.29, 0.717) is 6.54 Å². The minimum atomic E-state index is 0.697. The van der Waals surface area contributed by atoms with Crippen molar-refractivity contribution in [2.24, 2.45) is 0 Å². The molecule has 7 heteroatoms. The Morgan fingerprint density at radius 1 is 1.12 bits per heavy atom. The van der Waals surface area contributed by atoms with Gasteiger partial charge in [0.15, 0.2) is 4.34 Å². The van der Waals surface area contributed by atoms with Crippen molar-refractivity contribution in [1.29, 1.82) is 0 Å². The molecule has 0 aliphatic carbocycles. The molecule has 0 amide bonds. The molecule has 0 bridgehead atoms. The van der Waals surface area contributed by atoms with E-state index in [0.717, 1.165) is 32.6 Å². The Labute approximate surface area is 153 Å². The topological polar surface area (TPSA) is 52.8 Å². The van der Waals surface area contributed by atoms with E-state index in [9.17, 15) is 0 Å². The zero-order valence-corrected chi connectivity index (χ0v) is 15.3. The van der Waals surface area contributed by atoms with Crippen molar-refractivity contribution in [1.82, 2.24) is 20.0 Å². The maximum Gasteiger partial charge on any atom is 0.151 e. The van der Waals surface area contributed by atoms with Gasteiger partial charge in [0, 0.05) is 11.9 Å². The molecule has 0 unspecified atom stereocenters. The van der Waals surface area contributed by atoms with Crippen molar-refractivity contribution in [3.05, 3.63) is 66.0 Å². The molecule has 0 atom stereocenters. The third kappa shape index (κ3) is 3.83. The Hall–Kier alpha value is -2.38. The van der Waals surface area contributed by atoms with Gasteiger partial charge in [-0.25, -0.2) is 9.67 Å². The number of hydrogen-bond donors (Lipinski definition) is 0. The summed E-state index contributed by atoms with van der Waals surface area (Å²) in [6.45, 7) is 0.697. The van der Waals surface area contributed by atoms with E-state index in [4.69, 9.17) is 4.74 Å². The molecule has 0 radical (unpaired) electrons. The van der Waals surface area contributed by atoms with Gasteiger partial charge in [0.25, 0.3) is 0 Å². The summed E-state index contributed by atoms with van der Waals surface area (Å²) >= 11 is 3.41. The maximum absolute atomic E-state index is 5.18. The molecular weight excluding hydrogens is 352 g/mol. The monoisotopic (exact) mass is 368 g/mol. The highest BCUT2D eigenvalue weighted by Gasteiger charge is 2.07. The first-order chi connectivity index (χ1) is 12.3. The number of fused-ring (bicyclic) bond motifs is 1. The summed E-state index contributed by atoms with van der Waals surface area (Å²) in [6, 6.07) is 16.2. The fraction of sp³-hybridized carbons (Fsp3) is 0.167. The number of para-hydroxylation sites is 1. The predicted molar refractivity (Wildman–Crippen MR) is 101 cm³/mol. The van der Waals surface area contributed by atoms with E-state index in [2.05, 4.69) is 21.4 Å². The fourth-order valence-corrected chi connectivity index (χ4v) is 4.39. The van der Waals surface area contributed by atoms with Gasteiger partial charge in [0.2, 0.25) is 0 Å². The molecule has 126 valence electrons. The van der Waals surface area contributed by atoms with E-state index in [1.165, 1.54) is 4.70 Å². The number of aromatic nitrogens is 4. The van der Waals surface area contributed by atoms with E-state index in [1.54, 1.807) is 30.2 Å². The third-order valence-corrected chi connectivity index (χ3v) is 5.92. The Morgan fingerprint density at radius 2 is 1.96 bits per heavy atom. The van der Waals surface area contributed by atoms with E-state index >= 15 is 0 Å². The lowest BCUT2D eigenvalue weighted by molar-refractivity contribution is 0.414. The summed E-state index contributed by atoms with van der Waals surface area (Å²) in [4.78, 5) is 4.63. The first-order valence-corrected chi connectivity index (χ1v) is 9.61. The molecule has 2 heterocycles. The predicted octanol–water partition coefficient (Wildman–Crippen LogP) is 4.24. The minimum Gasteiger partial charge on any atom is -0.497 e. The number of methoxy groups -OCH3 is 1. The second-order valence-electron chi connectivity index (χ2n) is 5.49.